The minimum Gasteiger partial charge on any atom is -0.456 e. The van der Waals surface area contributed by atoms with Crippen molar-refractivity contribution < 1.29 is 23.1 Å². The molecule has 6 nitrogen and oxygen atoms in total. The zero-order valence-electron chi connectivity index (χ0n) is 22.9. The van der Waals surface area contributed by atoms with Crippen molar-refractivity contribution in [1.82, 2.24) is 10.2 Å². The van der Waals surface area contributed by atoms with Gasteiger partial charge in [0.2, 0.25) is 0 Å². The molecule has 0 spiro atoms. The van der Waals surface area contributed by atoms with Crippen molar-refractivity contribution in [1.29, 1.82) is 0 Å². The summed E-state index contributed by atoms with van der Waals surface area (Å²) in [5.74, 6) is -0.219. The van der Waals surface area contributed by atoms with E-state index >= 15 is 0 Å². The summed E-state index contributed by atoms with van der Waals surface area (Å²) >= 11 is 1.78. The predicted octanol–water partition coefficient (Wildman–Crippen LogP) is 4.97. The number of halogens is 2. The molecule has 0 aliphatic carbocycles. The number of carbonyl (C=O) groups excluding carboxylic acids is 2. The molecule has 0 aliphatic rings. The molecule has 38 heavy (non-hydrogen) atoms. The van der Waals surface area contributed by atoms with Gasteiger partial charge in [-0.25, -0.2) is 13.6 Å². The van der Waals surface area contributed by atoms with Crippen molar-refractivity contribution in [3.05, 3.63) is 70.3 Å². The van der Waals surface area contributed by atoms with Crippen molar-refractivity contribution >= 4 is 23.6 Å². The maximum absolute atomic E-state index is 13.7. The maximum atomic E-state index is 13.7. The first-order valence-corrected chi connectivity index (χ1v) is 14.4. The molecule has 2 aromatic carbocycles. The Hall–Kier alpha value is -2.49. The minimum atomic E-state index is -0.753. The average molecular weight is 550 g/mol. The Morgan fingerprint density at radius 1 is 1.00 bits per heavy atom. The highest BCUT2D eigenvalue weighted by Crippen LogP contribution is 2.17. The molecule has 0 radical (unpaired) electrons. The van der Waals surface area contributed by atoms with Gasteiger partial charge >= 0.3 is 5.97 Å². The highest BCUT2D eigenvalue weighted by molar-refractivity contribution is 7.99. The van der Waals surface area contributed by atoms with Crippen LogP contribution in [0.1, 0.15) is 65.5 Å². The Morgan fingerprint density at radius 2 is 1.63 bits per heavy atom. The zero-order chi connectivity index (χ0) is 28.1. The number of amides is 1. The molecule has 2 aromatic rings. The Kier molecular flexibility index (Phi) is 13.7. The first-order chi connectivity index (χ1) is 18.2. The number of carbonyl (C=O) groups is 2. The van der Waals surface area contributed by atoms with Gasteiger partial charge in [0.15, 0.2) is 0 Å². The van der Waals surface area contributed by atoms with Gasteiger partial charge in [0, 0.05) is 49.6 Å². The normalized spacial score (nSPS) is 12.7. The number of rotatable bonds is 16. The van der Waals surface area contributed by atoms with Crippen LogP contribution in [0.4, 0.5) is 8.78 Å². The number of nitrogens with zero attached hydrogens (tertiary/aromatic N) is 1. The summed E-state index contributed by atoms with van der Waals surface area (Å²) in [5.41, 5.74) is 8.25. The molecule has 0 unspecified atom stereocenters. The van der Waals surface area contributed by atoms with Gasteiger partial charge in [-0.1, -0.05) is 20.8 Å². The molecule has 0 heterocycles. The molecule has 2 atom stereocenters. The fourth-order valence-electron chi connectivity index (χ4n) is 4.21. The Morgan fingerprint density at radius 3 is 2.24 bits per heavy atom. The SMILES string of the molecule is CCCN(CCC)C(=O)c1cc(C)cc(C(=O)O[C@H](CNCCSCC)[C@@H](N)Cc2cc(F)cc(F)c2)c1. The van der Waals surface area contributed by atoms with Crippen molar-refractivity contribution in [3.8, 4) is 0 Å². The van der Waals surface area contributed by atoms with E-state index in [1.165, 1.54) is 12.1 Å². The lowest BCUT2D eigenvalue weighted by Gasteiger charge is -2.25. The van der Waals surface area contributed by atoms with Gasteiger partial charge in [0.1, 0.15) is 17.7 Å². The summed E-state index contributed by atoms with van der Waals surface area (Å²) < 4.78 is 33.3. The van der Waals surface area contributed by atoms with Gasteiger partial charge in [0.05, 0.1) is 5.56 Å². The van der Waals surface area contributed by atoms with E-state index in [1.807, 2.05) is 20.8 Å². The Bertz CT molecular complexity index is 1030. The first kappa shape index (κ1) is 31.7. The van der Waals surface area contributed by atoms with Crippen LogP contribution in [0.15, 0.2) is 36.4 Å². The van der Waals surface area contributed by atoms with Crippen LogP contribution in [-0.4, -0.2) is 66.6 Å². The fourth-order valence-corrected chi connectivity index (χ4v) is 4.79. The van der Waals surface area contributed by atoms with E-state index in [0.717, 1.165) is 36.0 Å². The molecular formula is C29H41F2N3O3S. The number of benzene rings is 2. The number of aryl methyl sites for hydroxylation is 1. The van der Waals surface area contributed by atoms with Crippen LogP contribution in [0.2, 0.25) is 0 Å². The third-order valence-corrected chi connectivity index (χ3v) is 6.84. The third kappa shape index (κ3) is 10.3. The topological polar surface area (TPSA) is 84.7 Å². The minimum absolute atomic E-state index is 0.122. The standard InChI is InChI=1S/C29H41F2N3O3S/c1-5-9-34(10-6-2)28(35)22-12-20(4)13-23(17-22)29(36)37-27(19-33-8-11-38-7-3)26(32)16-21-14-24(30)18-25(31)15-21/h12-15,17-18,26-27,33H,5-11,16,19,32H2,1-4H3/t26-,27+/m0/s1. The number of ether oxygens (including phenoxy) is 1. The maximum Gasteiger partial charge on any atom is 0.338 e. The highest BCUT2D eigenvalue weighted by Gasteiger charge is 2.25. The predicted molar refractivity (Wildman–Crippen MR) is 151 cm³/mol. The number of esters is 1. The molecule has 0 fully saturated rings. The number of nitrogens with two attached hydrogens (primary N) is 1. The quantitative estimate of drug-likeness (QED) is 0.227. The molecular weight excluding hydrogens is 508 g/mol. The van der Waals surface area contributed by atoms with Gasteiger partial charge in [-0.3, -0.25) is 4.79 Å². The van der Waals surface area contributed by atoms with E-state index in [4.69, 9.17) is 10.5 Å². The molecule has 0 bridgehead atoms. The first-order valence-electron chi connectivity index (χ1n) is 13.3. The summed E-state index contributed by atoms with van der Waals surface area (Å²) in [6.07, 6.45) is 1.05. The summed E-state index contributed by atoms with van der Waals surface area (Å²) in [7, 11) is 0. The van der Waals surface area contributed by atoms with E-state index in [-0.39, 0.29) is 24.4 Å². The molecule has 210 valence electrons. The number of hydrogen-bond donors (Lipinski definition) is 2. The van der Waals surface area contributed by atoms with Gasteiger partial charge in [-0.05, 0) is 73.4 Å². The van der Waals surface area contributed by atoms with E-state index in [9.17, 15) is 18.4 Å². The Balaban J connectivity index is 2.23. The number of nitrogens with one attached hydrogen (secondary N) is 1. The van der Waals surface area contributed by atoms with Crippen LogP contribution in [0.5, 0.6) is 0 Å². The van der Waals surface area contributed by atoms with Crippen molar-refractivity contribution in [2.24, 2.45) is 5.73 Å². The van der Waals surface area contributed by atoms with E-state index < -0.39 is 29.7 Å². The van der Waals surface area contributed by atoms with Crippen LogP contribution >= 0.6 is 11.8 Å². The Labute approximate surface area is 229 Å². The second-order valence-electron chi connectivity index (χ2n) is 9.37. The lowest BCUT2D eigenvalue weighted by atomic mass is 10.0. The van der Waals surface area contributed by atoms with Crippen LogP contribution in [0, 0.1) is 18.6 Å². The van der Waals surface area contributed by atoms with Gasteiger partial charge in [-0.2, -0.15) is 11.8 Å². The smallest absolute Gasteiger partial charge is 0.338 e. The van der Waals surface area contributed by atoms with E-state index in [2.05, 4.69) is 12.2 Å². The average Bonchev–Trinajstić information content (AvgIpc) is 2.86. The molecule has 0 aliphatic heterocycles. The van der Waals surface area contributed by atoms with Crippen molar-refractivity contribution in [2.45, 2.75) is 59.1 Å². The van der Waals surface area contributed by atoms with Crippen LogP contribution in [0.3, 0.4) is 0 Å². The molecule has 3 N–H and O–H groups in total. The second-order valence-corrected chi connectivity index (χ2v) is 10.8. The summed E-state index contributed by atoms with van der Waals surface area (Å²) in [4.78, 5) is 28.2. The van der Waals surface area contributed by atoms with Gasteiger partial charge < -0.3 is 20.7 Å². The number of hydrogen-bond acceptors (Lipinski definition) is 6. The number of thioether (sulfide) groups is 1. The van der Waals surface area contributed by atoms with Crippen molar-refractivity contribution in [2.75, 3.05) is 37.7 Å². The highest BCUT2D eigenvalue weighted by atomic mass is 32.2. The largest absolute Gasteiger partial charge is 0.456 e. The molecule has 0 aromatic heterocycles. The summed E-state index contributed by atoms with van der Waals surface area (Å²) in [5, 5.41) is 3.26. The van der Waals surface area contributed by atoms with Crippen molar-refractivity contribution in [3.63, 3.8) is 0 Å². The van der Waals surface area contributed by atoms with E-state index in [0.29, 0.717) is 30.8 Å². The zero-order valence-corrected chi connectivity index (χ0v) is 23.7. The summed E-state index contributed by atoms with van der Waals surface area (Å²) in [6, 6.07) is 7.56. The van der Waals surface area contributed by atoms with Crippen LogP contribution < -0.4 is 11.1 Å². The lowest BCUT2D eigenvalue weighted by Crippen LogP contribution is -2.46. The molecule has 1 amide bonds. The summed E-state index contributed by atoms with van der Waals surface area (Å²) in [6.45, 7) is 10.2. The van der Waals surface area contributed by atoms with Crippen LogP contribution in [-0.2, 0) is 11.2 Å². The van der Waals surface area contributed by atoms with Gasteiger partial charge in [0.25, 0.3) is 5.91 Å². The lowest BCUT2D eigenvalue weighted by molar-refractivity contribution is 0.0240. The monoisotopic (exact) mass is 549 g/mol. The fraction of sp³-hybridized carbons (Fsp3) is 0.517. The van der Waals surface area contributed by atoms with E-state index in [1.54, 1.807) is 34.9 Å². The third-order valence-electron chi connectivity index (χ3n) is 5.94. The molecule has 0 saturated carbocycles. The molecule has 2 rings (SSSR count). The molecule has 0 saturated heterocycles. The molecule has 9 heteroatoms. The van der Waals surface area contributed by atoms with Crippen LogP contribution in [0.25, 0.3) is 0 Å². The second kappa shape index (κ2) is 16.5. The van der Waals surface area contributed by atoms with Gasteiger partial charge in [-0.15, -0.1) is 0 Å².